The van der Waals surface area contributed by atoms with E-state index in [9.17, 15) is 4.21 Å². The van der Waals surface area contributed by atoms with E-state index >= 15 is 0 Å². The summed E-state index contributed by atoms with van der Waals surface area (Å²) in [4.78, 5) is 1.48. The standard InChI is InChI=1S/C11H12OS/c1-4-10(3)13(12)11-7-5-9(2)6-8-11/h5-8H,1H2,2-3H3. The van der Waals surface area contributed by atoms with Crippen LogP contribution in [0, 0.1) is 6.92 Å². The Morgan fingerprint density at radius 1 is 1.38 bits per heavy atom. The Bertz CT molecular complexity index is 370. The highest BCUT2D eigenvalue weighted by molar-refractivity contribution is 7.89. The number of hydrogen-bond donors (Lipinski definition) is 0. The van der Waals surface area contributed by atoms with Crippen molar-refractivity contribution in [2.24, 2.45) is 0 Å². The topological polar surface area (TPSA) is 17.1 Å². The number of allylic oxidation sites excluding steroid dienone is 1. The minimum Gasteiger partial charge on any atom is -0.249 e. The molecule has 0 aliphatic heterocycles. The van der Waals surface area contributed by atoms with Crippen LogP contribution in [-0.2, 0) is 10.8 Å². The fourth-order valence-electron chi connectivity index (χ4n) is 0.904. The summed E-state index contributed by atoms with van der Waals surface area (Å²) in [6.07, 6.45) is 0. The summed E-state index contributed by atoms with van der Waals surface area (Å²) < 4.78 is 11.7. The van der Waals surface area contributed by atoms with E-state index in [0.717, 1.165) is 4.90 Å². The zero-order valence-corrected chi connectivity index (χ0v) is 8.65. The first-order valence-electron chi connectivity index (χ1n) is 4.00. The molecule has 0 N–H and O–H groups in total. The first-order valence-corrected chi connectivity index (χ1v) is 5.15. The SMILES string of the molecule is C=C=C(C)S(=O)c1ccc(C)cc1. The summed E-state index contributed by atoms with van der Waals surface area (Å²) >= 11 is 0. The lowest BCUT2D eigenvalue weighted by atomic mass is 10.2. The molecule has 1 nitrogen and oxygen atoms in total. The van der Waals surface area contributed by atoms with E-state index in [1.165, 1.54) is 5.56 Å². The minimum atomic E-state index is -1.09. The molecule has 1 aromatic rings. The van der Waals surface area contributed by atoms with E-state index in [2.05, 4.69) is 12.3 Å². The third kappa shape index (κ3) is 2.41. The van der Waals surface area contributed by atoms with Crippen molar-refractivity contribution in [1.82, 2.24) is 0 Å². The highest BCUT2D eigenvalue weighted by Gasteiger charge is 2.03. The van der Waals surface area contributed by atoms with Crippen LogP contribution >= 0.6 is 0 Å². The van der Waals surface area contributed by atoms with Crippen LogP contribution < -0.4 is 0 Å². The predicted molar refractivity (Wildman–Crippen MR) is 55.9 cm³/mol. The Hall–Kier alpha value is -1.11. The molecule has 0 radical (unpaired) electrons. The molecule has 0 aliphatic carbocycles. The maximum Gasteiger partial charge on any atom is 0.0883 e. The maximum absolute atomic E-state index is 11.7. The Kier molecular flexibility index (Phi) is 3.24. The molecule has 0 spiro atoms. The third-order valence-corrected chi connectivity index (χ3v) is 3.16. The van der Waals surface area contributed by atoms with Gasteiger partial charge in [-0.15, -0.1) is 5.73 Å². The Balaban J connectivity index is 3.03. The first-order chi connectivity index (χ1) is 6.15. The van der Waals surface area contributed by atoms with Gasteiger partial charge in [0.15, 0.2) is 0 Å². The van der Waals surface area contributed by atoms with Gasteiger partial charge in [0, 0.05) is 4.90 Å². The van der Waals surface area contributed by atoms with Crippen molar-refractivity contribution < 1.29 is 4.21 Å². The van der Waals surface area contributed by atoms with Gasteiger partial charge in [0.05, 0.1) is 15.7 Å². The molecule has 0 saturated heterocycles. The molecule has 0 bridgehead atoms. The van der Waals surface area contributed by atoms with Gasteiger partial charge in [0.1, 0.15) is 0 Å². The quantitative estimate of drug-likeness (QED) is 0.658. The summed E-state index contributed by atoms with van der Waals surface area (Å²) in [6, 6.07) is 7.63. The molecule has 0 fully saturated rings. The molecule has 68 valence electrons. The Morgan fingerprint density at radius 3 is 2.38 bits per heavy atom. The molecule has 1 aromatic carbocycles. The summed E-state index contributed by atoms with van der Waals surface area (Å²) in [5.74, 6) is 0. The average molecular weight is 192 g/mol. The molecule has 0 saturated carbocycles. The van der Waals surface area contributed by atoms with E-state index in [-0.39, 0.29) is 0 Å². The lowest BCUT2D eigenvalue weighted by Gasteiger charge is -2.00. The van der Waals surface area contributed by atoms with E-state index in [4.69, 9.17) is 0 Å². The highest BCUT2D eigenvalue weighted by Crippen LogP contribution is 2.13. The normalized spacial score (nSPS) is 11.8. The summed E-state index contributed by atoms with van der Waals surface area (Å²) in [5, 5.41) is 0. The van der Waals surface area contributed by atoms with Gasteiger partial charge in [-0.3, -0.25) is 0 Å². The second kappa shape index (κ2) is 4.22. The van der Waals surface area contributed by atoms with E-state index in [1.54, 1.807) is 6.92 Å². The molecule has 1 atom stereocenters. The third-order valence-electron chi connectivity index (χ3n) is 1.76. The predicted octanol–water partition coefficient (Wildman–Crippen LogP) is 2.79. The van der Waals surface area contributed by atoms with E-state index < -0.39 is 10.8 Å². The van der Waals surface area contributed by atoms with Gasteiger partial charge < -0.3 is 0 Å². The lowest BCUT2D eigenvalue weighted by molar-refractivity contribution is 0.687. The Labute approximate surface area is 81.3 Å². The van der Waals surface area contributed by atoms with Crippen LogP contribution in [0.25, 0.3) is 0 Å². The fourth-order valence-corrected chi connectivity index (χ4v) is 1.77. The van der Waals surface area contributed by atoms with Crippen LogP contribution in [0.2, 0.25) is 0 Å². The smallest absolute Gasteiger partial charge is 0.0883 e. The lowest BCUT2D eigenvalue weighted by Crippen LogP contribution is -1.91. The van der Waals surface area contributed by atoms with Crippen molar-refractivity contribution in [3.05, 3.63) is 47.0 Å². The largest absolute Gasteiger partial charge is 0.249 e. The summed E-state index contributed by atoms with van der Waals surface area (Å²) in [7, 11) is -1.09. The van der Waals surface area contributed by atoms with Crippen LogP contribution in [0.5, 0.6) is 0 Å². The Morgan fingerprint density at radius 2 is 1.92 bits per heavy atom. The monoisotopic (exact) mass is 192 g/mol. The highest BCUT2D eigenvalue weighted by atomic mass is 32.2. The molecule has 13 heavy (non-hydrogen) atoms. The van der Waals surface area contributed by atoms with Gasteiger partial charge in [-0.05, 0) is 26.0 Å². The number of rotatable bonds is 2. The molecular formula is C11H12OS. The van der Waals surface area contributed by atoms with Crippen molar-refractivity contribution >= 4 is 10.8 Å². The summed E-state index contributed by atoms with van der Waals surface area (Å²) in [5.41, 5.74) is 3.81. The van der Waals surface area contributed by atoms with Crippen LogP contribution in [0.3, 0.4) is 0 Å². The van der Waals surface area contributed by atoms with Crippen molar-refractivity contribution in [3.8, 4) is 0 Å². The number of hydrogen-bond acceptors (Lipinski definition) is 1. The van der Waals surface area contributed by atoms with Crippen molar-refractivity contribution in [1.29, 1.82) is 0 Å². The van der Waals surface area contributed by atoms with Gasteiger partial charge in [0.25, 0.3) is 0 Å². The van der Waals surface area contributed by atoms with Crippen molar-refractivity contribution in [2.45, 2.75) is 18.7 Å². The zero-order chi connectivity index (χ0) is 9.84. The van der Waals surface area contributed by atoms with E-state index in [0.29, 0.717) is 4.91 Å². The van der Waals surface area contributed by atoms with Gasteiger partial charge in [-0.1, -0.05) is 24.3 Å². The molecule has 0 aliphatic rings. The molecule has 0 amide bonds. The van der Waals surface area contributed by atoms with Crippen LogP contribution in [0.1, 0.15) is 12.5 Å². The van der Waals surface area contributed by atoms with Crippen LogP contribution in [0.15, 0.2) is 46.4 Å². The maximum atomic E-state index is 11.7. The van der Waals surface area contributed by atoms with Crippen LogP contribution in [0.4, 0.5) is 0 Å². The molecule has 1 unspecified atom stereocenters. The second-order valence-corrected chi connectivity index (χ2v) is 4.44. The van der Waals surface area contributed by atoms with E-state index in [1.807, 2.05) is 31.2 Å². The average Bonchev–Trinajstić information content (AvgIpc) is 2.17. The molecular weight excluding hydrogens is 180 g/mol. The molecule has 2 heteroatoms. The number of benzene rings is 1. The van der Waals surface area contributed by atoms with Crippen molar-refractivity contribution in [2.75, 3.05) is 0 Å². The van der Waals surface area contributed by atoms with Crippen molar-refractivity contribution in [3.63, 3.8) is 0 Å². The van der Waals surface area contributed by atoms with Gasteiger partial charge >= 0.3 is 0 Å². The second-order valence-electron chi connectivity index (χ2n) is 2.81. The van der Waals surface area contributed by atoms with Gasteiger partial charge in [-0.25, -0.2) is 4.21 Å². The fraction of sp³-hybridized carbons (Fsp3) is 0.182. The number of aryl methyl sites for hydroxylation is 1. The first kappa shape index (κ1) is 9.97. The minimum absolute atomic E-state index is 0.670. The van der Waals surface area contributed by atoms with Gasteiger partial charge in [0.2, 0.25) is 0 Å². The molecule has 0 aromatic heterocycles. The molecule has 0 heterocycles. The summed E-state index contributed by atoms with van der Waals surface area (Å²) in [6.45, 7) is 7.24. The van der Waals surface area contributed by atoms with Gasteiger partial charge in [-0.2, -0.15) is 0 Å². The molecule has 1 rings (SSSR count). The van der Waals surface area contributed by atoms with Crippen LogP contribution in [-0.4, -0.2) is 4.21 Å². The zero-order valence-electron chi connectivity index (χ0n) is 7.83.